The standard InChI is InChI=1S/C26H27NO2/c1-26(2,3)29-25(28)27-19-12-13-20(27)15-18(14-19)24-16-17-8-4-5-9-21(17)22-10-6-7-11-23(22)24/h4-11,14,16,19-20H,12-13,15H2,1-3H3. The SMILES string of the molecule is CC(C)(C)OC(=O)N1C2C=C(c3cc4ccccc4c4ccccc34)CC1CC2. The predicted octanol–water partition coefficient (Wildman–Crippen LogP) is 6.55. The van der Waals surface area contributed by atoms with Crippen molar-refractivity contribution in [2.24, 2.45) is 0 Å². The number of hydrogen-bond donors (Lipinski definition) is 0. The van der Waals surface area contributed by atoms with Crippen LogP contribution in [0.25, 0.3) is 27.1 Å². The van der Waals surface area contributed by atoms with Crippen LogP contribution in [0.4, 0.5) is 4.79 Å². The second-order valence-corrected chi connectivity index (χ2v) is 9.27. The summed E-state index contributed by atoms with van der Waals surface area (Å²) in [6.45, 7) is 5.79. The van der Waals surface area contributed by atoms with E-state index in [2.05, 4.69) is 60.7 Å². The molecule has 2 bridgehead atoms. The maximum absolute atomic E-state index is 12.8. The van der Waals surface area contributed by atoms with Crippen LogP contribution in [0.15, 0.2) is 60.7 Å². The molecular formula is C26H27NO2. The molecule has 148 valence electrons. The first-order valence-corrected chi connectivity index (χ1v) is 10.5. The summed E-state index contributed by atoms with van der Waals surface area (Å²) in [6, 6.07) is 19.9. The number of benzene rings is 3. The van der Waals surface area contributed by atoms with E-state index < -0.39 is 5.60 Å². The van der Waals surface area contributed by atoms with E-state index in [0.717, 1.165) is 19.3 Å². The van der Waals surface area contributed by atoms with Crippen LogP contribution in [0.1, 0.15) is 45.6 Å². The number of carbonyl (C=O) groups is 1. The van der Waals surface area contributed by atoms with E-state index in [4.69, 9.17) is 4.74 Å². The van der Waals surface area contributed by atoms with Crippen LogP contribution in [0.5, 0.6) is 0 Å². The third kappa shape index (κ3) is 3.19. The highest BCUT2D eigenvalue weighted by molar-refractivity contribution is 6.12. The Morgan fingerprint density at radius 3 is 2.38 bits per heavy atom. The van der Waals surface area contributed by atoms with E-state index in [0.29, 0.717) is 0 Å². The summed E-state index contributed by atoms with van der Waals surface area (Å²) in [4.78, 5) is 14.7. The Hall–Kier alpha value is -2.81. The first kappa shape index (κ1) is 18.2. The lowest BCUT2D eigenvalue weighted by atomic mass is 9.88. The number of nitrogens with zero attached hydrogens (tertiary/aromatic N) is 1. The van der Waals surface area contributed by atoms with Gasteiger partial charge in [0.05, 0.1) is 6.04 Å². The van der Waals surface area contributed by atoms with Gasteiger partial charge in [0.2, 0.25) is 0 Å². The van der Waals surface area contributed by atoms with Crippen LogP contribution in [-0.2, 0) is 4.74 Å². The molecule has 0 aromatic heterocycles. The highest BCUT2D eigenvalue weighted by Crippen LogP contribution is 2.42. The molecule has 0 aliphatic carbocycles. The number of hydrogen-bond acceptors (Lipinski definition) is 2. The van der Waals surface area contributed by atoms with Crippen molar-refractivity contribution in [3.05, 3.63) is 66.2 Å². The van der Waals surface area contributed by atoms with E-state index in [1.54, 1.807) is 0 Å². The lowest BCUT2D eigenvalue weighted by Crippen LogP contribution is -2.45. The molecule has 3 nitrogen and oxygen atoms in total. The van der Waals surface area contributed by atoms with Gasteiger partial charge in [-0.05, 0) is 78.8 Å². The molecule has 5 rings (SSSR count). The second-order valence-electron chi connectivity index (χ2n) is 9.27. The van der Waals surface area contributed by atoms with Gasteiger partial charge in [0.25, 0.3) is 0 Å². The topological polar surface area (TPSA) is 29.5 Å². The average Bonchev–Trinajstić information content (AvgIpc) is 2.96. The molecule has 1 saturated heterocycles. The number of fused-ring (bicyclic) bond motifs is 5. The zero-order chi connectivity index (χ0) is 20.2. The molecule has 0 saturated carbocycles. The van der Waals surface area contributed by atoms with Crippen molar-refractivity contribution < 1.29 is 9.53 Å². The largest absolute Gasteiger partial charge is 0.444 e. The predicted molar refractivity (Wildman–Crippen MR) is 119 cm³/mol. The lowest BCUT2D eigenvalue weighted by Gasteiger charge is -2.35. The number of amides is 1. The molecule has 0 radical (unpaired) electrons. The first-order valence-electron chi connectivity index (χ1n) is 10.5. The molecule has 3 aromatic carbocycles. The molecule has 2 unspecified atom stereocenters. The molecule has 2 atom stereocenters. The van der Waals surface area contributed by atoms with Crippen LogP contribution in [0, 0.1) is 0 Å². The fourth-order valence-corrected chi connectivity index (χ4v) is 4.95. The zero-order valence-electron chi connectivity index (χ0n) is 17.3. The minimum atomic E-state index is -0.463. The Labute approximate surface area is 172 Å². The van der Waals surface area contributed by atoms with E-state index in [-0.39, 0.29) is 18.2 Å². The lowest BCUT2D eigenvalue weighted by molar-refractivity contribution is 0.0175. The van der Waals surface area contributed by atoms with Crippen molar-refractivity contribution in [1.29, 1.82) is 0 Å². The normalized spacial score (nSPS) is 21.5. The van der Waals surface area contributed by atoms with Gasteiger partial charge >= 0.3 is 6.09 Å². The van der Waals surface area contributed by atoms with Gasteiger partial charge in [-0.2, -0.15) is 0 Å². The summed E-state index contributed by atoms with van der Waals surface area (Å²) in [5.41, 5.74) is 2.20. The molecule has 0 spiro atoms. The van der Waals surface area contributed by atoms with Crippen molar-refractivity contribution in [1.82, 2.24) is 4.90 Å². The van der Waals surface area contributed by atoms with Gasteiger partial charge in [-0.15, -0.1) is 0 Å². The number of carbonyl (C=O) groups excluding carboxylic acids is 1. The van der Waals surface area contributed by atoms with Crippen molar-refractivity contribution in [2.75, 3.05) is 0 Å². The third-order valence-corrected chi connectivity index (χ3v) is 6.11. The summed E-state index contributed by atoms with van der Waals surface area (Å²) >= 11 is 0. The smallest absolute Gasteiger partial charge is 0.411 e. The minimum absolute atomic E-state index is 0.129. The fraction of sp³-hybridized carbons (Fsp3) is 0.346. The van der Waals surface area contributed by atoms with Gasteiger partial charge < -0.3 is 4.74 Å². The molecule has 1 fully saturated rings. The van der Waals surface area contributed by atoms with Gasteiger partial charge in [-0.3, -0.25) is 4.90 Å². The second kappa shape index (κ2) is 6.62. The van der Waals surface area contributed by atoms with Crippen LogP contribution >= 0.6 is 0 Å². The molecule has 29 heavy (non-hydrogen) atoms. The fourth-order valence-electron chi connectivity index (χ4n) is 4.95. The summed E-state index contributed by atoms with van der Waals surface area (Å²) in [7, 11) is 0. The van der Waals surface area contributed by atoms with E-state index >= 15 is 0 Å². The number of ether oxygens (including phenoxy) is 1. The van der Waals surface area contributed by atoms with Crippen LogP contribution in [0.2, 0.25) is 0 Å². The summed E-state index contributed by atoms with van der Waals surface area (Å²) in [5, 5.41) is 5.15. The van der Waals surface area contributed by atoms with E-state index in [1.807, 2.05) is 25.7 Å². The Balaban J connectivity index is 1.58. The maximum atomic E-state index is 12.8. The summed E-state index contributed by atoms with van der Waals surface area (Å²) in [6.07, 6.45) is 5.07. The van der Waals surface area contributed by atoms with Gasteiger partial charge in [-0.1, -0.05) is 54.6 Å². The van der Waals surface area contributed by atoms with Crippen LogP contribution < -0.4 is 0 Å². The molecule has 3 heteroatoms. The first-order chi connectivity index (χ1) is 13.9. The molecule has 0 N–H and O–H groups in total. The number of rotatable bonds is 1. The molecule has 2 aliphatic heterocycles. The Morgan fingerprint density at radius 2 is 1.66 bits per heavy atom. The molecule has 2 aliphatic rings. The van der Waals surface area contributed by atoms with E-state index in [9.17, 15) is 4.79 Å². The molecule has 2 heterocycles. The Bertz CT molecular complexity index is 1140. The minimum Gasteiger partial charge on any atom is -0.444 e. The van der Waals surface area contributed by atoms with Crippen LogP contribution in [0.3, 0.4) is 0 Å². The monoisotopic (exact) mass is 385 g/mol. The zero-order valence-corrected chi connectivity index (χ0v) is 17.3. The van der Waals surface area contributed by atoms with Crippen molar-refractivity contribution in [2.45, 2.75) is 57.7 Å². The molecule has 1 amide bonds. The van der Waals surface area contributed by atoms with Gasteiger partial charge in [0.15, 0.2) is 0 Å². The quantitative estimate of drug-likeness (QED) is 0.445. The van der Waals surface area contributed by atoms with E-state index in [1.165, 1.54) is 32.7 Å². The molecular weight excluding hydrogens is 358 g/mol. The Morgan fingerprint density at radius 1 is 0.966 bits per heavy atom. The van der Waals surface area contributed by atoms with Gasteiger partial charge in [0.1, 0.15) is 5.60 Å². The maximum Gasteiger partial charge on any atom is 0.411 e. The van der Waals surface area contributed by atoms with Crippen molar-refractivity contribution in [3.8, 4) is 0 Å². The Kier molecular flexibility index (Phi) is 4.16. The van der Waals surface area contributed by atoms with Crippen LogP contribution in [-0.4, -0.2) is 28.7 Å². The summed E-state index contributed by atoms with van der Waals surface area (Å²) in [5.74, 6) is 0. The summed E-state index contributed by atoms with van der Waals surface area (Å²) < 4.78 is 5.68. The van der Waals surface area contributed by atoms with Crippen molar-refractivity contribution >= 4 is 33.2 Å². The van der Waals surface area contributed by atoms with Crippen molar-refractivity contribution in [3.63, 3.8) is 0 Å². The highest BCUT2D eigenvalue weighted by atomic mass is 16.6. The average molecular weight is 386 g/mol. The van der Waals surface area contributed by atoms with Gasteiger partial charge in [0, 0.05) is 6.04 Å². The third-order valence-electron chi connectivity index (χ3n) is 6.11. The van der Waals surface area contributed by atoms with Gasteiger partial charge in [-0.25, -0.2) is 4.79 Å². The highest BCUT2D eigenvalue weighted by Gasteiger charge is 2.41. The molecule has 3 aromatic rings.